The fourth-order valence-corrected chi connectivity index (χ4v) is 1.22. The molecule has 0 saturated heterocycles. The summed E-state index contributed by atoms with van der Waals surface area (Å²) < 4.78 is 23.4. The van der Waals surface area contributed by atoms with Gasteiger partial charge in [-0.05, 0) is 18.2 Å². The summed E-state index contributed by atoms with van der Waals surface area (Å²) in [5.74, 6) is -0.286. The molecule has 0 aliphatic carbocycles. The molecule has 0 N–H and O–H groups in total. The van der Waals surface area contributed by atoms with Gasteiger partial charge in [-0.3, -0.25) is 4.79 Å². The summed E-state index contributed by atoms with van der Waals surface area (Å²) in [5.41, 5.74) is -0.0645. The summed E-state index contributed by atoms with van der Waals surface area (Å²) in [4.78, 5) is 10.4. The third-order valence-corrected chi connectivity index (χ3v) is 2.00. The molecule has 0 unspecified atom stereocenters. The fraction of sp³-hybridized carbons (Fsp3) is 0. The van der Waals surface area contributed by atoms with E-state index in [-0.39, 0.29) is 23.0 Å². The SMILES string of the molecule is N#Cc1ccc(Oc2ccc(C=O)o2)cc1F. The van der Waals surface area contributed by atoms with Gasteiger partial charge in [-0.25, -0.2) is 4.39 Å². The van der Waals surface area contributed by atoms with Gasteiger partial charge in [-0.15, -0.1) is 0 Å². The number of ether oxygens (including phenoxy) is 1. The number of carbonyl (C=O) groups excluding carboxylic acids is 1. The van der Waals surface area contributed by atoms with Crippen molar-refractivity contribution < 1.29 is 18.3 Å². The molecule has 4 nitrogen and oxygen atoms in total. The van der Waals surface area contributed by atoms with Crippen molar-refractivity contribution >= 4 is 6.29 Å². The van der Waals surface area contributed by atoms with Crippen LogP contribution >= 0.6 is 0 Å². The van der Waals surface area contributed by atoms with Crippen molar-refractivity contribution in [3.8, 4) is 17.8 Å². The molecule has 5 heteroatoms. The van der Waals surface area contributed by atoms with E-state index >= 15 is 0 Å². The maximum absolute atomic E-state index is 13.2. The van der Waals surface area contributed by atoms with Gasteiger partial charge >= 0.3 is 0 Å². The average Bonchev–Trinajstić information content (AvgIpc) is 2.77. The summed E-state index contributed by atoms with van der Waals surface area (Å²) in [6.07, 6.45) is 0.534. The van der Waals surface area contributed by atoms with Crippen LogP contribution in [0.15, 0.2) is 34.7 Å². The maximum Gasteiger partial charge on any atom is 0.290 e. The molecule has 1 aromatic carbocycles. The Labute approximate surface area is 95.8 Å². The van der Waals surface area contributed by atoms with Gasteiger partial charge in [-0.2, -0.15) is 5.26 Å². The molecular weight excluding hydrogens is 225 g/mol. The Bertz CT molecular complexity index is 598. The first-order valence-corrected chi connectivity index (χ1v) is 4.65. The lowest BCUT2D eigenvalue weighted by Crippen LogP contribution is -1.87. The minimum Gasteiger partial charge on any atom is -0.426 e. The van der Waals surface area contributed by atoms with Crippen molar-refractivity contribution in [3.05, 3.63) is 47.5 Å². The average molecular weight is 231 g/mol. The van der Waals surface area contributed by atoms with Crippen LogP contribution in [0.5, 0.6) is 11.7 Å². The molecule has 0 saturated carbocycles. The van der Waals surface area contributed by atoms with E-state index in [4.69, 9.17) is 14.4 Å². The second-order valence-electron chi connectivity index (χ2n) is 3.13. The van der Waals surface area contributed by atoms with Crippen LogP contribution in [0.4, 0.5) is 4.39 Å². The third-order valence-electron chi connectivity index (χ3n) is 2.00. The fourth-order valence-electron chi connectivity index (χ4n) is 1.22. The molecule has 0 amide bonds. The second-order valence-corrected chi connectivity index (χ2v) is 3.13. The molecule has 2 aromatic rings. The first-order chi connectivity index (χ1) is 8.22. The molecular formula is C12H6FNO3. The van der Waals surface area contributed by atoms with Gasteiger partial charge in [0, 0.05) is 12.1 Å². The molecule has 0 aliphatic heterocycles. The monoisotopic (exact) mass is 231 g/mol. The molecule has 0 bridgehead atoms. The van der Waals surface area contributed by atoms with Crippen molar-refractivity contribution in [2.45, 2.75) is 0 Å². The number of rotatable bonds is 3. The predicted molar refractivity (Wildman–Crippen MR) is 55.3 cm³/mol. The Balaban J connectivity index is 2.22. The molecule has 0 radical (unpaired) electrons. The van der Waals surface area contributed by atoms with E-state index in [1.807, 2.05) is 0 Å². The zero-order chi connectivity index (χ0) is 12.3. The highest BCUT2D eigenvalue weighted by Gasteiger charge is 2.07. The predicted octanol–water partition coefficient (Wildman–Crippen LogP) is 2.90. The quantitative estimate of drug-likeness (QED) is 0.762. The van der Waals surface area contributed by atoms with Gasteiger partial charge in [-0.1, -0.05) is 0 Å². The van der Waals surface area contributed by atoms with Gasteiger partial charge in [0.2, 0.25) is 0 Å². The van der Waals surface area contributed by atoms with Crippen LogP contribution in [0.25, 0.3) is 0 Å². The molecule has 17 heavy (non-hydrogen) atoms. The van der Waals surface area contributed by atoms with Crippen LogP contribution < -0.4 is 4.74 Å². The lowest BCUT2D eigenvalue weighted by Gasteiger charge is -2.02. The van der Waals surface area contributed by atoms with Gasteiger partial charge in [0.25, 0.3) is 5.95 Å². The number of hydrogen-bond donors (Lipinski definition) is 0. The number of benzene rings is 1. The minimum atomic E-state index is -0.674. The first kappa shape index (κ1) is 10.9. The van der Waals surface area contributed by atoms with Crippen molar-refractivity contribution in [3.63, 3.8) is 0 Å². The zero-order valence-electron chi connectivity index (χ0n) is 8.51. The molecule has 84 valence electrons. The lowest BCUT2D eigenvalue weighted by molar-refractivity contribution is 0.109. The molecule has 0 atom stereocenters. The number of nitriles is 1. The third kappa shape index (κ3) is 2.32. The van der Waals surface area contributed by atoms with E-state index in [1.54, 1.807) is 6.07 Å². The van der Waals surface area contributed by atoms with Crippen LogP contribution in [-0.2, 0) is 0 Å². The van der Waals surface area contributed by atoms with Crippen LogP contribution in [0.3, 0.4) is 0 Å². The van der Waals surface area contributed by atoms with Crippen molar-refractivity contribution in [1.29, 1.82) is 5.26 Å². The topological polar surface area (TPSA) is 63.2 Å². The highest BCUT2D eigenvalue weighted by atomic mass is 19.1. The summed E-state index contributed by atoms with van der Waals surface area (Å²) >= 11 is 0. The second kappa shape index (κ2) is 4.49. The normalized spacial score (nSPS) is 9.65. The highest BCUT2D eigenvalue weighted by Crippen LogP contribution is 2.24. The number of aldehydes is 1. The van der Waals surface area contributed by atoms with Crippen molar-refractivity contribution in [1.82, 2.24) is 0 Å². The van der Waals surface area contributed by atoms with Crippen molar-refractivity contribution in [2.24, 2.45) is 0 Å². The number of halogens is 1. The Morgan fingerprint density at radius 1 is 1.35 bits per heavy atom. The number of carbonyl (C=O) groups is 1. The summed E-state index contributed by atoms with van der Waals surface area (Å²) in [6.45, 7) is 0. The van der Waals surface area contributed by atoms with E-state index in [2.05, 4.69) is 0 Å². The largest absolute Gasteiger partial charge is 0.426 e. The Hall–Kier alpha value is -2.61. The van der Waals surface area contributed by atoms with E-state index in [0.717, 1.165) is 6.07 Å². The van der Waals surface area contributed by atoms with Crippen LogP contribution in [0.2, 0.25) is 0 Å². The molecule has 0 spiro atoms. The van der Waals surface area contributed by atoms with Crippen LogP contribution in [-0.4, -0.2) is 6.29 Å². The van der Waals surface area contributed by atoms with Crippen LogP contribution in [0.1, 0.15) is 16.1 Å². The number of furan rings is 1. The Morgan fingerprint density at radius 3 is 2.76 bits per heavy atom. The molecule has 2 rings (SSSR count). The van der Waals surface area contributed by atoms with Gasteiger partial charge in [0.15, 0.2) is 12.0 Å². The van der Waals surface area contributed by atoms with E-state index < -0.39 is 5.82 Å². The number of nitrogens with zero attached hydrogens (tertiary/aromatic N) is 1. The van der Waals surface area contributed by atoms with Gasteiger partial charge < -0.3 is 9.15 Å². The maximum atomic E-state index is 13.2. The molecule has 0 fully saturated rings. The molecule has 0 aliphatic rings. The van der Waals surface area contributed by atoms with E-state index in [9.17, 15) is 9.18 Å². The first-order valence-electron chi connectivity index (χ1n) is 4.65. The minimum absolute atomic E-state index is 0.0645. The zero-order valence-corrected chi connectivity index (χ0v) is 8.51. The number of hydrogen-bond acceptors (Lipinski definition) is 4. The summed E-state index contributed by atoms with van der Waals surface area (Å²) in [6, 6.07) is 8.38. The van der Waals surface area contributed by atoms with Crippen LogP contribution in [0, 0.1) is 17.1 Å². The Kier molecular flexibility index (Phi) is 2.88. The molecule has 1 aromatic heterocycles. The lowest BCUT2D eigenvalue weighted by atomic mass is 10.2. The summed E-state index contributed by atoms with van der Waals surface area (Å²) in [7, 11) is 0. The standard InChI is InChI=1S/C12H6FNO3/c13-11-5-9(2-1-8(11)6-14)16-12-4-3-10(7-15)17-12/h1-5,7H. The smallest absolute Gasteiger partial charge is 0.290 e. The van der Waals surface area contributed by atoms with Gasteiger partial charge in [0.05, 0.1) is 5.56 Å². The van der Waals surface area contributed by atoms with E-state index in [0.29, 0.717) is 6.29 Å². The van der Waals surface area contributed by atoms with E-state index in [1.165, 1.54) is 24.3 Å². The van der Waals surface area contributed by atoms with Crippen molar-refractivity contribution in [2.75, 3.05) is 0 Å². The van der Waals surface area contributed by atoms with Gasteiger partial charge in [0.1, 0.15) is 17.6 Å². The molecule has 1 heterocycles. The highest BCUT2D eigenvalue weighted by molar-refractivity contribution is 5.70. The Morgan fingerprint density at radius 2 is 2.18 bits per heavy atom. The summed E-state index contributed by atoms with van der Waals surface area (Å²) in [5, 5.41) is 8.55.